The largest absolute Gasteiger partial charge is 0.497 e. The number of aryl methyl sites for hydroxylation is 2. The van der Waals surface area contributed by atoms with Crippen LogP contribution in [0, 0.1) is 13.8 Å². The molecule has 0 saturated carbocycles. The zero-order chi connectivity index (χ0) is 26.8. The number of aliphatic carboxylic acids is 1. The van der Waals surface area contributed by atoms with Crippen LogP contribution in [0.4, 0.5) is 0 Å². The highest BCUT2D eigenvalue weighted by Gasteiger charge is 2.35. The number of amides is 1. The molecule has 1 amide bonds. The molecule has 1 N–H and O–H groups in total. The number of nitrogens with zero attached hydrogens (tertiary/aromatic N) is 3. The van der Waals surface area contributed by atoms with E-state index in [4.69, 9.17) is 19.9 Å². The number of hydrogen-bond acceptors (Lipinski definition) is 5. The lowest BCUT2D eigenvalue weighted by Crippen LogP contribution is -2.27. The molecule has 38 heavy (non-hydrogen) atoms. The maximum Gasteiger partial charge on any atom is 0.303 e. The Morgan fingerprint density at radius 2 is 1.71 bits per heavy atom. The van der Waals surface area contributed by atoms with E-state index in [1.54, 1.807) is 7.11 Å². The molecule has 1 aromatic heterocycles. The third kappa shape index (κ3) is 4.87. The summed E-state index contributed by atoms with van der Waals surface area (Å²) in [6.07, 6.45) is 0.101. The number of ether oxygens (including phenoxy) is 1. The van der Waals surface area contributed by atoms with Gasteiger partial charge in [0.25, 0.3) is 0 Å². The lowest BCUT2D eigenvalue weighted by Gasteiger charge is -2.22. The van der Waals surface area contributed by atoms with E-state index in [0.29, 0.717) is 12.2 Å². The van der Waals surface area contributed by atoms with Gasteiger partial charge in [0.1, 0.15) is 5.75 Å². The Hall–Kier alpha value is -4.52. The molecule has 0 fully saturated rings. The predicted octanol–water partition coefficient (Wildman–Crippen LogP) is 6.07. The number of hydrazone groups is 1. The van der Waals surface area contributed by atoms with E-state index in [2.05, 4.69) is 31.2 Å². The molecule has 1 aliphatic rings. The van der Waals surface area contributed by atoms with E-state index in [-0.39, 0.29) is 24.8 Å². The number of fused-ring (bicyclic) bond motifs is 1. The Kier molecular flexibility index (Phi) is 6.92. The number of hydrogen-bond donors (Lipinski definition) is 1. The first-order chi connectivity index (χ1) is 18.4. The molecule has 7 nitrogen and oxygen atoms in total. The second-order valence-electron chi connectivity index (χ2n) is 9.51. The van der Waals surface area contributed by atoms with Crippen LogP contribution < -0.4 is 4.74 Å². The van der Waals surface area contributed by atoms with Gasteiger partial charge in [0.05, 0.1) is 30.8 Å². The zero-order valence-corrected chi connectivity index (χ0v) is 21.6. The maximum absolute atomic E-state index is 13.2. The summed E-state index contributed by atoms with van der Waals surface area (Å²) in [5, 5.41) is 16.5. The first-order valence-corrected chi connectivity index (χ1v) is 12.6. The van der Waals surface area contributed by atoms with Crippen molar-refractivity contribution in [2.75, 3.05) is 7.11 Å². The number of benzene rings is 3. The summed E-state index contributed by atoms with van der Waals surface area (Å²) in [5.41, 5.74) is 7.48. The van der Waals surface area contributed by atoms with Gasteiger partial charge in [-0.25, -0.2) is 5.01 Å². The Bertz CT molecular complexity index is 1550. The van der Waals surface area contributed by atoms with Crippen LogP contribution in [0.2, 0.25) is 0 Å². The van der Waals surface area contributed by atoms with Gasteiger partial charge in [-0.2, -0.15) is 5.10 Å². The van der Waals surface area contributed by atoms with Crippen molar-refractivity contribution in [3.8, 4) is 16.9 Å². The minimum absolute atomic E-state index is 0.127. The fourth-order valence-electron chi connectivity index (χ4n) is 5.06. The maximum atomic E-state index is 13.2. The molecule has 7 heteroatoms. The van der Waals surface area contributed by atoms with Crippen molar-refractivity contribution in [3.05, 3.63) is 95.2 Å². The van der Waals surface area contributed by atoms with Gasteiger partial charge in [-0.1, -0.05) is 54.1 Å². The van der Waals surface area contributed by atoms with E-state index in [1.807, 2.05) is 55.5 Å². The highest BCUT2D eigenvalue weighted by molar-refractivity contribution is 6.14. The molecule has 3 aromatic carbocycles. The molecule has 1 unspecified atom stereocenters. The van der Waals surface area contributed by atoms with Gasteiger partial charge in [-0.15, -0.1) is 0 Å². The lowest BCUT2D eigenvalue weighted by atomic mass is 9.89. The molecule has 2 heterocycles. The first-order valence-electron chi connectivity index (χ1n) is 12.6. The minimum Gasteiger partial charge on any atom is -0.497 e. The van der Waals surface area contributed by atoms with E-state index in [9.17, 15) is 9.59 Å². The van der Waals surface area contributed by atoms with E-state index in [1.165, 1.54) is 5.01 Å². The van der Waals surface area contributed by atoms with Crippen molar-refractivity contribution in [1.82, 2.24) is 9.99 Å². The summed E-state index contributed by atoms with van der Waals surface area (Å²) in [7, 11) is 1.61. The minimum atomic E-state index is -1.01. The van der Waals surface area contributed by atoms with Gasteiger partial charge in [-0.05, 0) is 49.2 Å². The second kappa shape index (κ2) is 10.5. The highest BCUT2D eigenvalue weighted by Crippen LogP contribution is 2.40. The molecule has 192 valence electrons. The molecular weight excluding hydrogens is 478 g/mol. The molecule has 0 radical (unpaired) electrons. The Balaban J connectivity index is 1.67. The summed E-state index contributed by atoms with van der Waals surface area (Å²) in [6, 6.07) is 23.6. The number of carbonyl (C=O) groups excluding carboxylic acids is 1. The van der Waals surface area contributed by atoms with E-state index >= 15 is 0 Å². The average molecular weight is 508 g/mol. The van der Waals surface area contributed by atoms with E-state index in [0.717, 1.165) is 50.1 Å². The quantitative estimate of drug-likeness (QED) is 0.328. The fourth-order valence-corrected chi connectivity index (χ4v) is 5.06. The standard InChI is InChI=1S/C31H29N3O4/c1-19-9-14-25-24(17-19)31(22-7-5-4-6-8-22)30(20(2)32-25)26-18-27(21-10-12-23(38-3)13-11-21)34(33-26)28(35)15-16-29(36)37/h4-14,17,27H,15-16,18H2,1-3H3,(H,36,37). The predicted molar refractivity (Wildman–Crippen MR) is 147 cm³/mol. The van der Waals surface area contributed by atoms with Crippen LogP contribution in [0.1, 0.15) is 47.7 Å². The molecular formula is C31H29N3O4. The van der Waals surface area contributed by atoms with Crippen LogP contribution in [-0.2, 0) is 9.59 Å². The van der Waals surface area contributed by atoms with Gasteiger partial charge in [0.15, 0.2) is 0 Å². The number of methoxy groups -OCH3 is 1. The molecule has 1 atom stereocenters. The number of rotatable bonds is 7. The number of carboxylic acids is 1. The molecule has 0 spiro atoms. The summed E-state index contributed by atoms with van der Waals surface area (Å²) >= 11 is 0. The molecule has 0 bridgehead atoms. The summed E-state index contributed by atoms with van der Waals surface area (Å²) < 4.78 is 5.31. The number of carboxylic acid groups (broad SMARTS) is 1. The van der Waals surface area contributed by atoms with Crippen LogP contribution in [0.3, 0.4) is 0 Å². The highest BCUT2D eigenvalue weighted by atomic mass is 16.5. The van der Waals surface area contributed by atoms with Gasteiger partial charge in [-0.3, -0.25) is 14.6 Å². The van der Waals surface area contributed by atoms with Crippen molar-refractivity contribution in [1.29, 1.82) is 0 Å². The smallest absolute Gasteiger partial charge is 0.303 e. The number of carbonyl (C=O) groups is 2. The lowest BCUT2D eigenvalue weighted by molar-refractivity contribution is -0.141. The fraction of sp³-hybridized carbons (Fsp3) is 0.226. The first kappa shape index (κ1) is 25.1. The monoisotopic (exact) mass is 507 g/mol. The van der Waals surface area contributed by atoms with Gasteiger partial charge >= 0.3 is 5.97 Å². The zero-order valence-electron chi connectivity index (χ0n) is 21.6. The topological polar surface area (TPSA) is 92.1 Å². The molecule has 4 aromatic rings. The Morgan fingerprint density at radius 3 is 2.39 bits per heavy atom. The molecule has 5 rings (SSSR count). The van der Waals surface area contributed by atoms with Crippen molar-refractivity contribution in [2.24, 2.45) is 5.10 Å². The average Bonchev–Trinajstić information content (AvgIpc) is 3.37. The Labute approximate surface area is 221 Å². The normalized spacial score (nSPS) is 15.0. The van der Waals surface area contributed by atoms with Crippen LogP contribution in [0.5, 0.6) is 5.75 Å². The van der Waals surface area contributed by atoms with Crippen LogP contribution in [0.25, 0.3) is 22.0 Å². The Morgan fingerprint density at radius 1 is 0.974 bits per heavy atom. The summed E-state index contributed by atoms with van der Waals surface area (Å²) in [4.78, 5) is 29.4. The number of pyridine rings is 1. The third-order valence-electron chi connectivity index (χ3n) is 6.89. The molecule has 1 aliphatic heterocycles. The second-order valence-corrected chi connectivity index (χ2v) is 9.51. The van der Waals surface area contributed by atoms with Crippen molar-refractivity contribution in [3.63, 3.8) is 0 Å². The third-order valence-corrected chi connectivity index (χ3v) is 6.89. The van der Waals surface area contributed by atoms with Crippen molar-refractivity contribution >= 4 is 28.5 Å². The van der Waals surface area contributed by atoms with Gasteiger partial charge in [0.2, 0.25) is 5.91 Å². The van der Waals surface area contributed by atoms with Crippen molar-refractivity contribution in [2.45, 2.75) is 39.2 Å². The molecule has 0 saturated heterocycles. The van der Waals surface area contributed by atoms with Crippen LogP contribution >= 0.6 is 0 Å². The summed E-state index contributed by atoms with van der Waals surface area (Å²) in [6.45, 7) is 4.03. The molecule has 0 aliphatic carbocycles. The summed E-state index contributed by atoms with van der Waals surface area (Å²) in [5.74, 6) is -0.626. The van der Waals surface area contributed by atoms with E-state index < -0.39 is 5.97 Å². The van der Waals surface area contributed by atoms with Crippen LogP contribution in [0.15, 0.2) is 77.9 Å². The van der Waals surface area contributed by atoms with Gasteiger partial charge in [0, 0.05) is 35.0 Å². The van der Waals surface area contributed by atoms with Gasteiger partial charge < -0.3 is 9.84 Å². The number of aromatic nitrogens is 1. The SMILES string of the molecule is COc1ccc(C2CC(c3c(C)nc4ccc(C)cc4c3-c3ccccc3)=NN2C(=O)CCC(=O)O)cc1. The van der Waals surface area contributed by atoms with Crippen molar-refractivity contribution < 1.29 is 19.4 Å². The van der Waals surface area contributed by atoms with Crippen LogP contribution in [-0.4, -0.2) is 39.8 Å².